The molecule has 12 heteroatoms. The number of sulfonamides is 1. The lowest BCUT2D eigenvalue weighted by Gasteiger charge is -2.15. The molecule has 0 bridgehead atoms. The standard InChI is InChI=1S/C24H23Cl3N4O4S/c25-17-13-22(30-36(33,34)19-7-8-20(26)21(27)14-19)24(29-15-17)35-18-5-3-16(4-6-18)23(32)28-9-12-31-10-1-2-11-31/h3-8,13-15,30H,1-2,9-12H2,(H,28,32). The van der Waals surface area contributed by atoms with Gasteiger partial charge in [0.15, 0.2) is 0 Å². The molecule has 1 amide bonds. The first-order valence-corrected chi connectivity index (χ1v) is 13.7. The van der Waals surface area contributed by atoms with Crippen LogP contribution in [0.1, 0.15) is 23.2 Å². The summed E-state index contributed by atoms with van der Waals surface area (Å²) in [5.74, 6) is 0.153. The van der Waals surface area contributed by atoms with Crippen LogP contribution < -0.4 is 14.8 Å². The molecule has 1 fully saturated rings. The van der Waals surface area contributed by atoms with Crippen molar-refractivity contribution in [1.29, 1.82) is 0 Å². The van der Waals surface area contributed by atoms with Crippen molar-refractivity contribution in [2.75, 3.05) is 30.9 Å². The molecule has 2 aromatic carbocycles. The van der Waals surface area contributed by atoms with E-state index in [0.717, 1.165) is 19.6 Å². The zero-order chi connectivity index (χ0) is 25.7. The van der Waals surface area contributed by atoms with Crippen LogP contribution in [0.25, 0.3) is 0 Å². The maximum absolute atomic E-state index is 12.9. The number of amides is 1. The van der Waals surface area contributed by atoms with Gasteiger partial charge < -0.3 is 15.0 Å². The number of aromatic nitrogens is 1. The normalized spacial score (nSPS) is 14.0. The smallest absolute Gasteiger partial charge is 0.262 e. The van der Waals surface area contributed by atoms with Crippen LogP contribution >= 0.6 is 34.8 Å². The number of carbonyl (C=O) groups excluding carboxylic acids is 1. The minimum Gasteiger partial charge on any atom is -0.437 e. The maximum atomic E-state index is 12.9. The van der Waals surface area contributed by atoms with E-state index in [-0.39, 0.29) is 37.4 Å². The van der Waals surface area contributed by atoms with Gasteiger partial charge in [-0.2, -0.15) is 0 Å². The van der Waals surface area contributed by atoms with Crippen molar-refractivity contribution in [3.63, 3.8) is 0 Å². The Morgan fingerprint density at radius 3 is 2.42 bits per heavy atom. The third-order valence-corrected chi connectivity index (χ3v) is 7.82. The molecule has 36 heavy (non-hydrogen) atoms. The Labute approximate surface area is 224 Å². The van der Waals surface area contributed by atoms with Crippen molar-refractivity contribution in [2.45, 2.75) is 17.7 Å². The molecule has 8 nitrogen and oxygen atoms in total. The van der Waals surface area contributed by atoms with Crippen LogP contribution in [-0.2, 0) is 10.0 Å². The SMILES string of the molecule is O=C(NCCN1CCCC1)c1ccc(Oc2ncc(Cl)cc2NS(=O)(=O)c2ccc(Cl)c(Cl)c2)cc1. The summed E-state index contributed by atoms with van der Waals surface area (Å²) in [4.78, 5) is 18.8. The van der Waals surface area contributed by atoms with Crippen LogP contribution in [-0.4, -0.2) is 50.4 Å². The second-order valence-corrected chi connectivity index (χ2v) is 11.1. The summed E-state index contributed by atoms with van der Waals surface area (Å²) in [6.45, 7) is 3.56. The highest BCUT2D eigenvalue weighted by Gasteiger charge is 2.20. The Bertz CT molecular complexity index is 1350. The van der Waals surface area contributed by atoms with Crippen molar-refractivity contribution in [3.05, 3.63) is 75.4 Å². The average molecular weight is 570 g/mol. The largest absolute Gasteiger partial charge is 0.437 e. The van der Waals surface area contributed by atoms with E-state index in [2.05, 4.69) is 19.9 Å². The Morgan fingerprint density at radius 1 is 1.00 bits per heavy atom. The van der Waals surface area contributed by atoms with E-state index < -0.39 is 10.0 Å². The molecule has 1 aliphatic heterocycles. The molecule has 0 atom stereocenters. The van der Waals surface area contributed by atoms with Gasteiger partial charge in [0.2, 0.25) is 5.88 Å². The van der Waals surface area contributed by atoms with E-state index in [4.69, 9.17) is 39.5 Å². The fraction of sp³-hybridized carbons (Fsp3) is 0.250. The molecular formula is C24H23Cl3N4O4S. The highest BCUT2D eigenvalue weighted by molar-refractivity contribution is 7.92. The number of anilines is 1. The number of hydrogen-bond donors (Lipinski definition) is 2. The number of ether oxygens (including phenoxy) is 1. The molecule has 1 saturated heterocycles. The number of rotatable bonds is 9. The topological polar surface area (TPSA) is 101 Å². The Morgan fingerprint density at radius 2 is 1.72 bits per heavy atom. The Balaban J connectivity index is 1.44. The van der Waals surface area contributed by atoms with Crippen LogP contribution in [0.5, 0.6) is 11.6 Å². The molecule has 2 N–H and O–H groups in total. The minimum absolute atomic E-state index is 0.0224. The van der Waals surface area contributed by atoms with Crippen LogP contribution in [0.4, 0.5) is 5.69 Å². The van der Waals surface area contributed by atoms with Crippen molar-refractivity contribution < 1.29 is 17.9 Å². The molecule has 0 radical (unpaired) electrons. The number of nitrogens with zero attached hydrogens (tertiary/aromatic N) is 2. The fourth-order valence-electron chi connectivity index (χ4n) is 3.65. The first-order valence-electron chi connectivity index (χ1n) is 11.1. The number of nitrogens with one attached hydrogen (secondary N) is 2. The van der Waals surface area contributed by atoms with E-state index in [0.29, 0.717) is 17.9 Å². The number of likely N-dealkylation sites (tertiary alicyclic amines) is 1. The summed E-state index contributed by atoms with van der Waals surface area (Å²) in [7, 11) is -4.05. The summed E-state index contributed by atoms with van der Waals surface area (Å²) < 4.78 is 34.0. The highest BCUT2D eigenvalue weighted by atomic mass is 35.5. The van der Waals surface area contributed by atoms with Gasteiger partial charge in [0.25, 0.3) is 15.9 Å². The van der Waals surface area contributed by atoms with E-state index in [1.54, 1.807) is 24.3 Å². The van der Waals surface area contributed by atoms with Crippen LogP contribution in [0, 0.1) is 0 Å². The van der Waals surface area contributed by atoms with Crippen molar-refractivity contribution >= 4 is 56.4 Å². The lowest BCUT2D eigenvalue weighted by molar-refractivity contribution is 0.0949. The zero-order valence-corrected chi connectivity index (χ0v) is 22.1. The quantitative estimate of drug-likeness (QED) is 0.355. The molecule has 4 rings (SSSR count). The predicted octanol–water partition coefficient (Wildman–Crippen LogP) is 5.46. The number of benzene rings is 2. The van der Waals surface area contributed by atoms with Gasteiger partial charge in [-0.1, -0.05) is 34.8 Å². The predicted molar refractivity (Wildman–Crippen MR) is 141 cm³/mol. The minimum atomic E-state index is -4.05. The van der Waals surface area contributed by atoms with Gasteiger partial charge in [0.05, 0.1) is 20.0 Å². The molecule has 1 aliphatic rings. The molecule has 0 unspecified atom stereocenters. The molecule has 0 spiro atoms. The van der Waals surface area contributed by atoms with Gasteiger partial charge >= 0.3 is 0 Å². The second kappa shape index (κ2) is 11.7. The molecule has 190 valence electrons. The van der Waals surface area contributed by atoms with Crippen molar-refractivity contribution in [1.82, 2.24) is 15.2 Å². The van der Waals surface area contributed by atoms with Gasteiger partial charge in [-0.15, -0.1) is 0 Å². The van der Waals surface area contributed by atoms with Crippen LogP contribution in [0.3, 0.4) is 0 Å². The first-order chi connectivity index (χ1) is 17.2. The molecule has 0 saturated carbocycles. The van der Waals surface area contributed by atoms with Gasteiger partial charge in [-0.25, -0.2) is 13.4 Å². The maximum Gasteiger partial charge on any atom is 0.262 e. The lowest BCUT2D eigenvalue weighted by atomic mass is 10.2. The summed E-state index contributed by atoms with van der Waals surface area (Å²) in [5.41, 5.74) is 0.505. The number of pyridine rings is 1. The third kappa shape index (κ3) is 6.80. The van der Waals surface area contributed by atoms with Gasteiger partial charge in [-0.3, -0.25) is 9.52 Å². The van der Waals surface area contributed by atoms with Crippen molar-refractivity contribution in [2.24, 2.45) is 0 Å². The van der Waals surface area contributed by atoms with E-state index in [1.807, 2.05) is 0 Å². The fourth-order valence-corrected chi connectivity index (χ4v) is 5.25. The van der Waals surface area contributed by atoms with E-state index in [9.17, 15) is 13.2 Å². The monoisotopic (exact) mass is 568 g/mol. The second-order valence-electron chi connectivity index (χ2n) is 8.12. The van der Waals surface area contributed by atoms with Crippen LogP contribution in [0.15, 0.2) is 59.6 Å². The van der Waals surface area contributed by atoms with Gasteiger partial charge in [0.1, 0.15) is 11.4 Å². The zero-order valence-electron chi connectivity index (χ0n) is 19.0. The summed E-state index contributed by atoms with van der Waals surface area (Å²) in [5, 5.41) is 3.45. The number of hydrogen-bond acceptors (Lipinski definition) is 6. The van der Waals surface area contributed by atoms with Crippen LogP contribution in [0.2, 0.25) is 15.1 Å². The summed E-state index contributed by atoms with van der Waals surface area (Å²) in [6.07, 6.45) is 3.74. The molecular weight excluding hydrogens is 547 g/mol. The van der Waals surface area contributed by atoms with Gasteiger partial charge in [0, 0.05) is 24.8 Å². The van der Waals surface area contributed by atoms with Gasteiger partial charge in [-0.05, 0) is 74.5 Å². The number of carbonyl (C=O) groups is 1. The Kier molecular flexibility index (Phi) is 8.58. The van der Waals surface area contributed by atoms with E-state index in [1.165, 1.54) is 43.3 Å². The lowest BCUT2D eigenvalue weighted by Crippen LogP contribution is -2.33. The molecule has 3 aromatic rings. The summed E-state index contributed by atoms with van der Waals surface area (Å²) >= 11 is 17.9. The molecule has 2 heterocycles. The third-order valence-electron chi connectivity index (χ3n) is 5.51. The van der Waals surface area contributed by atoms with Crippen molar-refractivity contribution in [3.8, 4) is 11.6 Å². The number of halogens is 3. The van der Waals surface area contributed by atoms with E-state index >= 15 is 0 Å². The average Bonchev–Trinajstić information content (AvgIpc) is 3.36. The first kappa shape index (κ1) is 26.5. The Hall–Kier alpha value is -2.56. The summed E-state index contributed by atoms with van der Waals surface area (Å²) in [6, 6.07) is 11.8. The molecule has 1 aromatic heterocycles. The highest BCUT2D eigenvalue weighted by Crippen LogP contribution is 2.32. The molecule has 0 aliphatic carbocycles.